The molecule has 8 heteroatoms. The summed E-state index contributed by atoms with van der Waals surface area (Å²) >= 11 is 0. The van der Waals surface area contributed by atoms with E-state index in [9.17, 15) is 14.4 Å². The fraction of sp³-hybridized carbons (Fsp3) is 0.500. The second-order valence-electron chi connectivity index (χ2n) is 10.1. The Hall–Kier alpha value is -3.26. The summed E-state index contributed by atoms with van der Waals surface area (Å²) in [6.45, 7) is 2.22. The number of fused-ring (bicyclic) bond motifs is 1. The molecular formula is C28H35N5O3. The lowest BCUT2D eigenvalue weighted by Gasteiger charge is -2.37. The van der Waals surface area contributed by atoms with E-state index in [4.69, 9.17) is 0 Å². The minimum Gasteiger partial charge on any atom is -0.345 e. The number of rotatable bonds is 8. The van der Waals surface area contributed by atoms with E-state index in [-0.39, 0.29) is 42.9 Å². The van der Waals surface area contributed by atoms with Gasteiger partial charge < -0.3 is 15.5 Å². The third-order valence-corrected chi connectivity index (χ3v) is 7.53. The van der Waals surface area contributed by atoms with Crippen molar-refractivity contribution in [3.63, 3.8) is 0 Å². The van der Waals surface area contributed by atoms with Crippen LogP contribution in [0.15, 0.2) is 42.7 Å². The molecule has 1 unspecified atom stereocenters. The number of benzene rings is 1. The van der Waals surface area contributed by atoms with Gasteiger partial charge >= 0.3 is 0 Å². The van der Waals surface area contributed by atoms with E-state index in [1.807, 2.05) is 30.0 Å². The number of amides is 3. The van der Waals surface area contributed by atoms with Crippen molar-refractivity contribution >= 4 is 29.1 Å². The molecule has 2 aliphatic carbocycles. The summed E-state index contributed by atoms with van der Waals surface area (Å²) in [7, 11) is 0. The maximum atomic E-state index is 13.3. The van der Waals surface area contributed by atoms with Crippen LogP contribution in [0, 0.1) is 0 Å². The van der Waals surface area contributed by atoms with Gasteiger partial charge in [-0.1, -0.05) is 26.2 Å². The lowest BCUT2D eigenvalue weighted by molar-refractivity contribution is -0.122. The molecule has 1 atom stereocenters. The molecule has 3 aliphatic rings. The molecule has 36 heavy (non-hydrogen) atoms. The van der Waals surface area contributed by atoms with Gasteiger partial charge in [-0.25, -0.2) is 0 Å². The summed E-state index contributed by atoms with van der Waals surface area (Å²) < 4.78 is 0. The SMILES string of the molecule is CCC(NC(=O)c1ccc2c(c1)N(C(=O)CNC1CCCCC1)CC(=O)N2C1CC1)c1ccncc1. The highest BCUT2D eigenvalue weighted by Gasteiger charge is 2.41. The number of nitrogens with one attached hydrogen (secondary N) is 2. The molecule has 0 radical (unpaired) electrons. The Bertz CT molecular complexity index is 1110. The molecule has 2 heterocycles. The van der Waals surface area contributed by atoms with Gasteiger partial charge in [0.2, 0.25) is 11.8 Å². The van der Waals surface area contributed by atoms with Gasteiger partial charge in [-0.3, -0.25) is 24.3 Å². The summed E-state index contributed by atoms with van der Waals surface area (Å²) in [5.41, 5.74) is 2.83. The number of carbonyl (C=O) groups excluding carboxylic acids is 3. The molecule has 1 aromatic carbocycles. The lowest BCUT2D eigenvalue weighted by atomic mass is 9.95. The summed E-state index contributed by atoms with van der Waals surface area (Å²) in [5.74, 6) is -0.396. The Kier molecular flexibility index (Phi) is 7.32. The quantitative estimate of drug-likeness (QED) is 0.589. The molecule has 0 spiro atoms. The van der Waals surface area contributed by atoms with Crippen molar-refractivity contribution in [2.75, 3.05) is 22.9 Å². The molecule has 8 nitrogen and oxygen atoms in total. The smallest absolute Gasteiger partial charge is 0.251 e. The molecule has 2 N–H and O–H groups in total. The predicted octanol–water partition coefficient (Wildman–Crippen LogP) is 3.73. The molecule has 190 valence electrons. The van der Waals surface area contributed by atoms with Crippen LogP contribution in [0.1, 0.15) is 80.3 Å². The van der Waals surface area contributed by atoms with E-state index in [0.29, 0.717) is 17.3 Å². The highest BCUT2D eigenvalue weighted by atomic mass is 16.2. The van der Waals surface area contributed by atoms with Crippen molar-refractivity contribution in [2.24, 2.45) is 0 Å². The van der Waals surface area contributed by atoms with E-state index in [0.717, 1.165) is 43.4 Å². The Balaban J connectivity index is 1.38. The zero-order valence-corrected chi connectivity index (χ0v) is 20.9. The van der Waals surface area contributed by atoms with Crippen LogP contribution in [0.5, 0.6) is 0 Å². The van der Waals surface area contributed by atoms with Crippen molar-refractivity contribution in [3.05, 3.63) is 53.9 Å². The fourth-order valence-corrected chi connectivity index (χ4v) is 5.36. The van der Waals surface area contributed by atoms with Crippen LogP contribution in [0.4, 0.5) is 11.4 Å². The third-order valence-electron chi connectivity index (χ3n) is 7.53. The van der Waals surface area contributed by atoms with Crippen molar-refractivity contribution < 1.29 is 14.4 Å². The van der Waals surface area contributed by atoms with Gasteiger partial charge in [0.05, 0.1) is 24.0 Å². The Morgan fingerprint density at radius 1 is 1.03 bits per heavy atom. The van der Waals surface area contributed by atoms with Crippen LogP contribution in [-0.2, 0) is 9.59 Å². The van der Waals surface area contributed by atoms with Crippen LogP contribution >= 0.6 is 0 Å². The highest BCUT2D eigenvalue weighted by Crippen LogP contribution is 2.41. The average molecular weight is 490 g/mol. The van der Waals surface area contributed by atoms with E-state index < -0.39 is 0 Å². The molecule has 0 saturated heterocycles. The maximum Gasteiger partial charge on any atom is 0.251 e. The highest BCUT2D eigenvalue weighted by molar-refractivity contribution is 6.13. The molecule has 1 aromatic heterocycles. The number of carbonyl (C=O) groups is 3. The van der Waals surface area contributed by atoms with Crippen LogP contribution in [0.2, 0.25) is 0 Å². The Labute approximate surface area is 212 Å². The molecular weight excluding hydrogens is 454 g/mol. The van der Waals surface area contributed by atoms with Gasteiger partial charge in [-0.2, -0.15) is 0 Å². The standard InChI is InChI=1S/C28H35N5O3/c1-2-23(19-12-14-29-15-13-19)31-28(36)20-8-11-24-25(16-20)32(18-27(35)33(24)22-9-10-22)26(34)17-30-21-6-4-3-5-7-21/h8,11-16,21-23,30H,2-7,9-10,17-18H2,1H3,(H,31,36). The van der Waals surface area contributed by atoms with Crippen LogP contribution < -0.4 is 20.4 Å². The van der Waals surface area contributed by atoms with Crippen molar-refractivity contribution in [3.8, 4) is 0 Å². The molecule has 0 bridgehead atoms. The first-order valence-corrected chi connectivity index (χ1v) is 13.3. The molecule has 3 amide bonds. The second-order valence-corrected chi connectivity index (χ2v) is 10.1. The van der Waals surface area contributed by atoms with Gasteiger partial charge in [0.15, 0.2) is 0 Å². The van der Waals surface area contributed by atoms with E-state index >= 15 is 0 Å². The summed E-state index contributed by atoms with van der Waals surface area (Å²) in [6, 6.07) is 9.54. The first-order chi connectivity index (χ1) is 17.5. The monoisotopic (exact) mass is 489 g/mol. The topological polar surface area (TPSA) is 94.6 Å². The lowest BCUT2D eigenvalue weighted by Crippen LogP contribution is -2.51. The average Bonchev–Trinajstić information content (AvgIpc) is 3.75. The van der Waals surface area contributed by atoms with Crippen molar-refractivity contribution in [1.82, 2.24) is 15.6 Å². The molecule has 2 fully saturated rings. The first kappa shape index (κ1) is 24.4. The molecule has 5 rings (SSSR count). The normalized spacial score (nSPS) is 19.1. The van der Waals surface area contributed by atoms with Crippen LogP contribution in [0.3, 0.4) is 0 Å². The summed E-state index contributed by atoms with van der Waals surface area (Å²) in [5, 5.41) is 6.51. The minimum absolute atomic E-state index is 0.00829. The summed E-state index contributed by atoms with van der Waals surface area (Å²) in [4.78, 5) is 47.1. The maximum absolute atomic E-state index is 13.3. The molecule has 2 aromatic rings. The minimum atomic E-state index is -0.205. The van der Waals surface area contributed by atoms with Gasteiger partial charge in [-0.15, -0.1) is 0 Å². The van der Waals surface area contributed by atoms with Crippen molar-refractivity contribution in [1.29, 1.82) is 0 Å². The van der Waals surface area contributed by atoms with E-state index in [1.165, 1.54) is 19.3 Å². The summed E-state index contributed by atoms with van der Waals surface area (Å²) in [6.07, 6.45) is 11.9. The number of pyridine rings is 1. The van der Waals surface area contributed by atoms with E-state index in [2.05, 4.69) is 15.6 Å². The Morgan fingerprint density at radius 3 is 2.47 bits per heavy atom. The zero-order chi connectivity index (χ0) is 25.1. The van der Waals surface area contributed by atoms with Crippen LogP contribution in [0.25, 0.3) is 0 Å². The predicted molar refractivity (Wildman–Crippen MR) is 139 cm³/mol. The van der Waals surface area contributed by atoms with E-state index in [1.54, 1.807) is 29.4 Å². The van der Waals surface area contributed by atoms with Gasteiger partial charge in [0.1, 0.15) is 6.54 Å². The van der Waals surface area contributed by atoms with Crippen molar-refractivity contribution in [2.45, 2.75) is 76.4 Å². The molecule has 2 saturated carbocycles. The number of anilines is 2. The van der Waals surface area contributed by atoms with Crippen LogP contribution in [-0.4, -0.2) is 47.9 Å². The zero-order valence-electron chi connectivity index (χ0n) is 20.9. The number of aromatic nitrogens is 1. The second kappa shape index (κ2) is 10.8. The largest absolute Gasteiger partial charge is 0.345 e. The number of hydrogen-bond acceptors (Lipinski definition) is 5. The number of hydrogen-bond donors (Lipinski definition) is 2. The molecule has 1 aliphatic heterocycles. The Morgan fingerprint density at radius 2 is 1.78 bits per heavy atom. The first-order valence-electron chi connectivity index (χ1n) is 13.3. The third kappa shape index (κ3) is 5.28. The number of nitrogens with zero attached hydrogens (tertiary/aromatic N) is 3. The van der Waals surface area contributed by atoms with Gasteiger partial charge in [-0.05, 0) is 68.0 Å². The fourth-order valence-electron chi connectivity index (χ4n) is 5.36. The van der Waals surface area contributed by atoms with Gasteiger partial charge in [0, 0.05) is 30.0 Å². The van der Waals surface area contributed by atoms with Gasteiger partial charge in [0.25, 0.3) is 5.91 Å².